The second-order valence-electron chi connectivity index (χ2n) is 3.69. The van der Waals surface area contributed by atoms with E-state index in [9.17, 15) is 0 Å². The fourth-order valence-electron chi connectivity index (χ4n) is 1.42. The quantitative estimate of drug-likeness (QED) is 0.454. The Hall–Kier alpha value is -0.260. The standard InChI is InChI=1S/C9H16.2C2H6/c1-8-6-4-5-7-9(8,2)3;2*1-2/h1,4-7H2,2-3H3;2*1-2H3. The summed E-state index contributed by atoms with van der Waals surface area (Å²) >= 11 is 0. The van der Waals surface area contributed by atoms with Gasteiger partial charge in [0.2, 0.25) is 0 Å². The molecule has 0 amide bonds. The molecule has 0 spiro atoms. The van der Waals surface area contributed by atoms with E-state index in [1.165, 1.54) is 31.3 Å². The molecule has 1 fully saturated rings. The maximum absolute atomic E-state index is 4.07. The second kappa shape index (κ2) is 8.34. The summed E-state index contributed by atoms with van der Waals surface area (Å²) in [4.78, 5) is 0. The number of hydrogen-bond acceptors (Lipinski definition) is 0. The first-order chi connectivity index (χ1) is 6.13. The van der Waals surface area contributed by atoms with Gasteiger partial charge in [0.25, 0.3) is 0 Å². The monoisotopic (exact) mass is 184 g/mol. The summed E-state index contributed by atoms with van der Waals surface area (Å²) in [6.07, 6.45) is 5.35. The van der Waals surface area contributed by atoms with Crippen LogP contribution in [0.5, 0.6) is 0 Å². The summed E-state index contributed by atoms with van der Waals surface area (Å²) < 4.78 is 0. The van der Waals surface area contributed by atoms with Gasteiger partial charge in [0.1, 0.15) is 0 Å². The van der Waals surface area contributed by atoms with E-state index in [-0.39, 0.29) is 0 Å². The van der Waals surface area contributed by atoms with Gasteiger partial charge in [-0.2, -0.15) is 0 Å². The minimum Gasteiger partial charge on any atom is -0.0993 e. The third kappa shape index (κ3) is 5.90. The van der Waals surface area contributed by atoms with Gasteiger partial charge in [-0.3, -0.25) is 0 Å². The van der Waals surface area contributed by atoms with E-state index in [0.717, 1.165) is 0 Å². The Bertz CT molecular complexity index is 120. The fourth-order valence-corrected chi connectivity index (χ4v) is 1.42. The molecule has 0 heterocycles. The van der Waals surface area contributed by atoms with Crippen LogP contribution in [0.2, 0.25) is 0 Å². The zero-order valence-corrected chi connectivity index (χ0v) is 10.5. The Labute approximate surface area is 85.4 Å². The van der Waals surface area contributed by atoms with Crippen LogP contribution in [0.4, 0.5) is 0 Å². The molecule has 0 radical (unpaired) electrons. The first-order valence-electron chi connectivity index (χ1n) is 5.81. The predicted octanol–water partition coefficient (Wildman–Crippen LogP) is 5.20. The van der Waals surface area contributed by atoms with Gasteiger partial charge in [-0.25, -0.2) is 0 Å². The SMILES string of the molecule is C=C1CCCCC1(C)C.CC.CC. The van der Waals surface area contributed by atoms with Gasteiger partial charge >= 0.3 is 0 Å². The minimum atomic E-state index is 0.443. The minimum absolute atomic E-state index is 0.443. The lowest BCUT2D eigenvalue weighted by Gasteiger charge is -2.31. The van der Waals surface area contributed by atoms with E-state index in [1.54, 1.807) is 0 Å². The number of hydrogen-bond donors (Lipinski definition) is 0. The molecule has 0 saturated heterocycles. The first kappa shape index (κ1) is 15.2. The van der Waals surface area contributed by atoms with Crippen molar-refractivity contribution in [3.8, 4) is 0 Å². The molecule has 0 atom stereocenters. The molecule has 0 bridgehead atoms. The van der Waals surface area contributed by atoms with Crippen molar-refractivity contribution in [3.05, 3.63) is 12.2 Å². The maximum atomic E-state index is 4.07. The summed E-state index contributed by atoms with van der Waals surface area (Å²) in [7, 11) is 0. The van der Waals surface area contributed by atoms with E-state index in [0.29, 0.717) is 5.41 Å². The highest BCUT2D eigenvalue weighted by Gasteiger charge is 2.24. The topological polar surface area (TPSA) is 0 Å². The van der Waals surface area contributed by atoms with Crippen LogP contribution >= 0.6 is 0 Å². The van der Waals surface area contributed by atoms with Gasteiger partial charge in [-0.1, -0.05) is 60.1 Å². The molecule has 1 rings (SSSR count). The third-order valence-electron chi connectivity index (χ3n) is 2.49. The van der Waals surface area contributed by atoms with E-state index in [2.05, 4.69) is 20.4 Å². The Morgan fingerprint density at radius 3 is 1.69 bits per heavy atom. The van der Waals surface area contributed by atoms with Crippen molar-refractivity contribution in [2.24, 2.45) is 5.41 Å². The Balaban J connectivity index is 0. The zero-order valence-electron chi connectivity index (χ0n) is 10.5. The van der Waals surface area contributed by atoms with Crippen LogP contribution in [-0.4, -0.2) is 0 Å². The molecule has 0 aromatic rings. The second-order valence-corrected chi connectivity index (χ2v) is 3.69. The Morgan fingerprint density at radius 2 is 1.46 bits per heavy atom. The molecule has 0 aromatic carbocycles. The normalized spacial score (nSPS) is 19.1. The third-order valence-corrected chi connectivity index (χ3v) is 2.49. The average molecular weight is 184 g/mol. The van der Waals surface area contributed by atoms with Crippen LogP contribution in [0.3, 0.4) is 0 Å². The summed E-state index contributed by atoms with van der Waals surface area (Å²) in [6.45, 7) is 16.7. The number of allylic oxidation sites excluding steroid dienone is 1. The van der Waals surface area contributed by atoms with Crippen molar-refractivity contribution in [1.82, 2.24) is 0 Å². The molecule has 0 N–H and O–H groups in total. The molecule has 13 heavy (non-hydrogen) atoms. The van der Waals surface area contributed by atoms with Crippen molar-refractivity contribution in [3.63, 3.8) is 0 Å². The summed E-state index contributed by atoms with van der Waals surface area (Å²) in [5.74, 6) is 0. The molecule has 0 nitrogen and oxygen atoms in total. The van der Waals surface area contributed by atoms with Crippen LogP contribution in [0.25, 0.3) is 0 Å². The van der Waals surface area contributed by atoms with Gasteiger partial charge in [0.15, 0.2) is 0 Å². The summed E-state index contributed by atoms with van der Waals surface area (Å²) in [5, 5.41) is 0. The smallest absolute Gasteiger partial charge is 0.0147 e. The average Bonchev–Trinajstić information content (AvgIpc) is 2.17. The van der Waals surface area contributed by atoms with Gasteiger partial charge in [-0.05, 0) is 24.7 Å². The van der Waals surface area contributed by atoms with Crippen LogP contribution in [-0.2, 0) is 0 Å². The lowest BCUT2D eigenvalue weighted by atomic mass is 9.74. The van der Waals surface area contributed by atoms with Gasteiger partial charge in [0.05, 0.1) is 0 Å². The molecular weight excluding hydrogens is 156 g/mol. The van der Waals surface area contributed by atoms with E-state index < -0.39 is 0 Å². The van der Waals surface area contributed by atoms with Crippen molar-refractivity contribution in [2.45, 2.75) is 67.2 Å². The maximum Gasteiger partial charge on any atom is -0.0147 e. The van der Waals surface area contributed by atoms with Crippen molar-refractivity contribution in [2.75, 3.05) is 0 Å². The van der Waals surface area contributed by atoms with Gasteiger partial charge < -0.3 is 0 Å². The van der Waals surface area contributed by atoms with Gasteiger partial charge in [-0.15, -0.1) is 0 Å². The van der Waals surface area contributed by atoms with E-state index in [1.807, 2.05) is 27.7 Å². The van der Waals surface area contributed by atoms with Gasteiger partial charge in [0, 0.05) is 0 Å². The lowest BCUT2D eigenvalue weighted by Crippen LogP contribution is -2.17. The van der Waals surface area contributed by atoms with Crippen molar-refractivity contribution < 1.29 is 0 Å². The van der Waals surface area contributed by atoms with Crippen LogP contribution in [0.1, 0.15) is 67.2 Å². The lowest BCUT2D eigenvalue weighted by molar-refractivity contribution is 0.338. The molecular formula is C13H28. The Morgan fingerprint density at radius 1 is 1.00 bits per heavy atom. The highest BCUT2D eigenvalue weighted by atomic mass is 14.3. The van der Waals surface area contributed by atoms with Crippen LogP contribution < -0.4 is 0 Å². The molecule has 0 unspecified atom stereocenters. The predicted molar refractivity (Wildman–Crippen MR) is 64.1 cm³/mol. The van der Waals surface area contributed by atoms with Crippen molar-refractivity contribution in [1.29, 1.82) is 0 Å². The van der Waals surface area contributed by atoms with E-state index in [4.69, 9.17) is 0 Å². The zero-order chi connectivity index (χ0) is 10.9. The molecule has 1 saturated carbocycles. The molecule has 1 aliphatic carbocycles. The van der Waals surface area contributed by atoms with Crippen LogP contribution in [0.15, 0.2) is 12.2 Å². The molecule has 80 valence electrons. The number of rotatable bonds is 0. The highest BCUT2D eigenvalue weighted by Crippen LogP contribution is 2.38. The Kier molecular flexibility index (Phi) is 9.77. The highest BCUT2D eigenvalue weighted by molar-refractivity contribution is 5.08. The summed E-state index contributed by atoms with van der Waals surface area (Å²) in [6, 6.07) is 0. The molecule has 1 aliphatic rings. The molecule has 0 aromatic heterocycles. The fraction of sp³-hybridized carbons (Fsp3) is 0.846. The largest absolute Gasteiger partial charge is 0.0993 e. The first-order valence-corrected chi connectivity index (χ1v) is 5.81. The van der Waals surface area contributed by atoms with E-state index >= 15 is 0 Å². The molecule has 0 heteroatoms. The van der Waals surface area contributed by atoms with Crippen molar-refractivity contribution >= 4 is 0 Å². The summed E-state index contributed by atoms with van der Waals surface area (Å²) in [5.41, 5.74) is 1.90. The molecule has 0 aliphatic heterocycles. The van der Waals surface area contributed by atoms with Crippen LogP contribution in [0, 0.1) is 5.41 Å².